The van der Waals surface area contributed by atoms with Crippen molar-refractivity contribution in [3.8, 4) is 0 Å². The van der Waals surface area contributed by atoms with Crippen LogP contribution in [0, 0.1) is 0 Å². The van der Waals surface area contributed by atoms with E-state index in [4.69, 9.17) is 5.21 Å². The molecular weight excluding hydrogens is 250 g/mol. The van der Waals surface area contributed by atoms with Gasteiger partial charge in [0, 0.05) is 5.56 Å². The largest absolute Gasteiger partial charge is 0.449 e. The third-order valence-corrected chi connectivity index (χ3v) is 1.76. The van der Waals surface area contributed by atoms with Crippen molar-refractivity contribution in [3.05, 3.63) is 35.9 Å². The van der Waals surface area contributed by atoms with E-state index in [2.05, 4.69) is 25.8 Å². The summed E-state index contributed by atoms with van der Waals surface area (Å²) in [5, 5.41) is 11.5. The van der Waals surface area contributed by atoms with Crippen molar-refractivity contribution in [2.45, 2.75) is 0 Å². The second kappa shape index (κ2) is 5.39. The van der Waals surface area contributed by atoms with Crippen molar-refractivity contribution in [2.24, 2.45) is 5.16 Å². The molecule has 0 radical (unpaired) electrons. The molecule has 0 aliphatic rings. The van der Waals surface area contributed by atoms with Gasteiger partial charge in [0.1, 0.15) is 5.52 Å². The molecule has 5 heteroatoms. The van der Waals surface area contributed by atoms with Gasteiger partial charge in [0.15, 0.2) is 5.71 Å². The highest BCUT2D eigenvalue weighted by Gasteiger charge is 2.15. The third-order valence-electron chi connectivity index (χ3n) is 1.53. The summed E-state index contributed by atoms with van der Waals surface area (Å²) in [5.41, 5.74) is 0.475. The summed E-state index contributed by atoms with van der Waals surface area (Å²) in [6.07, 6.45) is 0. The second-order valence-electron chi connectivity index (χ2n) is 2.36. The fourth-order valence-corrected chi connectivity index (χ4v) is 1.14. The smallest absolute Gasteiger partial charge is 0.361 e. The molecule has 0 bridgehead atoms. The molecule has 74 valence electrons. The Morgan fingerprint density at radius 3 is 2.57 bits per heavy atom. The van der Waals surface area contributed by atoms with Crippen molar-refractivity contribution in [1.82, 2.24) is 0 Å². The quantitative estimate of drug-likeness (QED) is 0.295. The van der Waals surface area contributed by atoms with Gasteiger partial charge in [-0.1, -0.05) is 35.5 Å². The number of oxime groups is 1. The van der Waals surface area contributed by atoms with Gasteiger partial charge in [0.05, 0.1) is 0 Å². The number of rotatable bonds is 3. The van der Waals surface area contributed by atoms with Crippen LogP contribution in [0.2, 0.25) is 0 Å². The number of hydrogen-bond acceptors (Lipinski definition) is 4. The molecule has 1 aromatic rings. The van der Waals surface area contributed by atoms with Crippen LogP contribution in [0.4, 0.5) is 0 Å². The van der Waals surface area contributed by atoms with E-state index in [0.717, 1.165) is 0 Å². The molecule has 1 rings (SSSR count). The van der Waals surface area contributed by atoms with Crippen LogP contribution in [-0.4, -0.2) is 22.4 Å². The Hall–Kier alpha value is -1.36. The highest BCUT2D eigenvalue weighted by Crippen LogP contribution is 2.03. The maximum Gasteiger partial charge on any atom is 0.361 e. The number of benzene rings is 1. The molecule has 0 atom stereocenters. The first-order chi connectivity index (χ1) is 6.79. The predicted octanol–water partition coefficient (Wildman–Crippen LogP) is 1.76. The number of ether oxygens (including phenoxy) is 1. The Morgan fingerprint density at radius 1 is 1.43 bits per heavy atom. The van der Waals surface area contributed by atoms with Crippen molar-refractivity contribution >= 4 is 27.6 Å². The molecule has 0 unspecified atom stereocenters. The van der Waals surface area contributed by atoms with Gasteiger partial charge >= 0.3 is 5.97 Å². The van der Waals surface area contributed by atoms with Gasteiger partial charge in [-0.15, -0.1) is 0 Å². The van der Waals surface area contributed by atoms with Gasteiger partial charge in [-0.05, 0) is 15.9 Å². The summed E-state index contributed by atoms with van der Waals surface area (Å²) in [5.74, 6) is -0.671. The average Bonchev–Trinajstić information content (AvgIpc) is 2.21. The molecule has 0 saturated carbocycles. The fourth-order valence-electron chi connectivity index (χ4n) is 0.930. The Balaban J connectivity index is 2.89. The summed E-state index contributed by atoms with van der Waals surface area (Å²) < 4.78 is 4.64. The van der Waals surface area contributed by atoms with Crippen molar-refractivity contribution < 1.29 is 14.7 Å². The topological polar surface area (TPSA) is 58.9 Å². The van der Waals surface area contributed by atoms with Gasteiger partial charge < -0.3 is 9.94 Å². The molecule has 0 heterocycles. The molecule has 0 saturated heterocycles. The summed E-state index contributed by atoms with van der Waals surface area (Å²) in [4.78, 5) is 11.2. The molecule has 4 nitrogen and oxygen atoms in total. The fraction of sp³-hybridized carbons (Fsp3) is 0.111. The van der Waals surface area contributed by atoms with E-state index < -0.39 is 5.97 Å². The van der Waals surface area contributed by atoms with Gasteiger partial charge in [0.2, 0.25) is 0 Å². The number of hydrogen-bond donors (Lipinski definition) is 1. The molecular formula is C9H8BrNO3. The molecule has 0 aromatic heterocycles. The molecule has 14 heavy (non-hydrogen) atoms. The van der Waals surface area contributed by atoms with Crippen LogP contribution < -0.4 is 0 Å². The SMILES string of the molecule is O=C(OCBr)C(=NO)c1ccccc1. The minimum Gasteiger partial charge on any atom is -0.449 e. The van der Waals surface area contributed by atoms with Crippen LogP contribution in [0.1, 0.15) is 5.56 Å². The lowest BCUT2D eigenvalue weighted by molar-refractivity contribution is -0.133. The van der Waals surface area contributed by atoms with Gasteiger partial charge in [-0.25, -0.2) is 4.79 Å². The molecule has 0 amide bonds. The van der Waals surface area contributed by atoms with Crippen LogP contribution >= 0.6 is 15.9 Å². The standard InChI is InChI=1S/C9H8BrNO3/c10-6-14-9(12)8(11-13)7-4-2-1-3-5-7/h1-5,13H,6H2. The minimum absolute atomic E-state index is 0.0671. The maximum absolute atomic E-state index is 11.2. The van der Waals surface area contributed by atoms with Gasteiger partial charge in [0.25, 0.3) is 0 Å². The van der Waals surface area contributed by atoms with Gasteiger partial charge in [-0.3, -0.25) is 0 Å². The highest BCUT2D eigenvalue weighted by atomic mass is 79.9. The van der Waals surface area contributed by atoms with Crippen molar-refractivity contribution in [1.29, 1.82) is 0 Å². The normalized spacial score (nSPS) is 11.1. The summed E-state index contributed by atoms with van der Waals surface area (Å²) in [7, 11) is 0. The second-order valence-corrected chi connectivity index (χ2v) is 2.81. The molecule has 0 fully saturated rings. The minimum atomic E-state index is -0.671. The Kier molecular flexibility index (Phi) is 4.12. The number of halogens is 1. The van der Waals surface area contributed by atoms with Crippen LogP contribution in [0.5, 0.6) is 0 Å². The molecule has 1 aromatic carbocycles. The summed E-state index contributed by atoms with van der Waals surface area (Å²) in [6, 6.07) is 8.59. The highest BCUT2D eigenvalue weighted by molar-refractivity contribution is 9.09. The van der Waals surface area contributed by atoms with Crippen molar-refractivity contribution in [3.63, 3.8) is 0 Å². The van der Waals surface area contributed by atoms with Crippen LogP contribution in [-0.2, 0) is 9.53 Å². The Labute approximate surface area is 89.3 Å². The lowest BCUT2D eigenvalue weighted by Crippen LogP contribution is -2.18. The summed E-state index contributed by atoms with van der Waals surface area (Å²) >= 11 is 2.94. The number of esters is 1. The molecule has 0 spiro atoms. The van der Waals surface area contributed by atoms with Crippen molar-refractivity contribution in [2.75, 3.05) is 5.52 Å². The van der Waals surface area contributed by atoms with E-state index in [1.165, 1.54) is 0 Å². The van der Waals surface area contributed by atoms with E-state index in [-0.39, 0.29) is 11.2 Å². The van der Waals surface area contributed by atoms with E-state index >= 15 is 0 Å². The lowest BCUT2D eigenvalue weighted by Gasteiger charge is -2.02. The van der Waals surface area contributed by atoms with E-state index in [0.29, 0.717) is 5.56 Å². The van der Waals surface area contributed by atoms with Gasteiger partial charge in [-0.2, -0.15) is 0 Å². The van der Waals surface area contributed by atoms with Crippen LogP contribution in [0.25, 0.3) is 0 Å². The lowest BCUT2D eigenvalue weighted by atomic mass is 10.1. The first kappa shape index (κ1) is 10.7. The zero-order valence-corrected chi connectivity index (χ0v) is 8.77. The first-order valence-corrected chi connectivity index (χ1v) is 4.92. The number of carbonyl (C=O) groups is 1. The van der Waals surface area contributed by atoms with Crippen LogP contribution in [0.15, 0.2) is 35.5 Å². The number of alkyl halides is 1. The number of nitrogens with zero attached hydrogens (tertiary/aromatic N) is 1. The number of carbonyl (C=O) groups excluding carboxylic acids is 1. The van der Waals surface area contributed by atoms with E-state index in [1.807, 2.05) is 0 Å². The van der Waals surface area contributed by atoms with Crippen LogP contribution in [0.3, 0.4) is 0 Å². The first-order valence-electron chi connectivity index (χ1n) is 3.80. The van der Waals surface area contributed by atoms with E-state index in [9.17, 15) is 4.79 Å². The Bertz CT molecular complexity index is 337. The van der Waals surface area contributed by atoms with E-state index in [1.54, 1.807) is 30.3 Å². The molecule has 1 N–H and O–H groups in total. The predicted molar refractivity (Wildman–Crippen MR) is 54.7 cm³/mol. The zero-order valence-electron chi connectivity index (χ0n) is 7.18. The third kappa shape index (κ3) is 2.56. The monoisotopic (exact) mass is 257 g/mol. The average molecular weight is 258 g/mol. The zero-order chi connectivity index (χ0) is 10.4. The Morgan fingerprint density at radius 2 is 2.07 bits per heavy atom. The maximum atomic E-state index is 11.2. The summed E-state index contributed by atoms with van der Waals surface area (Å²) in [6.45, 7) is 0. The molecule has 0 aliphatic carbocycles. The molecule has 0 aliphatic heterocycles.